The van der Waals surface area contributed by atoms with E-state index in [4.69, 9.17) is 5.11 Å². The van der Waals surface area contributed by atoms with Crippen LogP contribution in [0.1, 0.15) is 6.92 Å². The molecule has 2 N–H and O–H groups in total. The molecule has 7 heteroatoms. The first-order chi connectivity index (χ1) is 8.63. The predicted molar refractivity (Wildman–Crippen MR) is 77.0 cm³/mol. The van der Waals surface area contributed by atoms with Gasteiger partial charge in [0.05, 0.1) is 11.1 Å². The van der Waals surface area contributed by atoms with E-state index < -0.39 is 0 Å². The second kappa shape index (κ2) is 5.81. The Morgan fingerprint density at radius 1 is 1.50 bits per heavy atom. The molecule has 5 nitrogen and oxygen atoms in total. The molecule has 1 unspecified atom stereocenters. The molecule has 0 aliphatic carbocycles. The Labute approximate surface area is 118 Å². The quantitative estimate of drug-likeness (QED) is 0.663. The molecule has 0 aromatic carbocycles. The molecule has 0 aliphatic rings. The summed E-state index contributed by atoms with van der Waals surface area (Å²) in [4.78, 5) is 13.0. The lowest BCUT2D eigenvalue weighted by Crippen LogP contribution is -2.20. The van der Waals surface area contributed by atoms with Crippen LogP contribution < -0.4 is 5.32 Å². The molecule has 0 saturated carbocycles. The summed E-state index contributed by atoms with van der Waals surface area (Å²) in [5.74, 6) is 0.676. The van der Waals surface area contributed by atoms with E-state index >= 15 is 0 Å². The van der Waals surface area contributed by atoms with Crippen LogP contribution in [0.2, 0.25) is 0 Å². The molecule has 0 fully saturated rings. The molecule has 0 spiro atoms. The SMILES string of the molecule is CSc1ncc2cc(Br)c(NC(C)CO)nc2n1. The first-order valence-corrected chi connectivity index (χ1v) is 7.40. The summed E-state index contributed by atoms with van der Waals surface area (Å²) < 4.78 is 0.829. The van der Waals surface area contributed by atoms with Gasteiger partial charge in [0.1, 0.15) is 5.82 Å². The number of fused-ring (bicyclic) bond motifs is 1. The van der Waals surface area contributed by atoms with Gasteiger partial charge in [0.25, 0.3) is 0 Å². The van der Waals surface area contributed by atoms with Gasteiger partial charge in [-0.3, -0.25) is 0 Å². The maximum absolute atomic E-state index is 9.05. The van der Waals surface area contributed by atoms with Gasteiger partial charge >= 0.3 is 0 Å². The fourth-order valence-electron chi connectivity index (χ4n) is 1.40. The van der Waals surface area contributed by atoms with Gasteiger partial charge < -0.3 is 10.4 Å². The van der Waals surface area contributed by atoms with Gasteiger partial charge in [-0.05, 0) is 35.2 Å². The first-order valence-electron chi connectivity index (χ1n) is 5.38. The Hall–Kier alpha value is -0.920. The van der Waals surface area contributed by atoms with E-state index in [0.29, 0.717) is 16.6 Å². The van der Waals surface area contributed by atoms with E-state index in [-0.39, 0.29) is 12.6 Å². The van der Waals surface area contributed by atoms with Crippen molar-refractivity contribution in [2.24, 2.45) is 0 Å². The first kappa shape index (κ1) is 13.5. The number of thioether (sulfide) groups is 1. The monoisotopic (exact) mass is 328 g/mol. The predicted octanol–water partition coefficient (Wildman–Crippen LogP) is 2.30. The minimum atomic E-state index is -0.0619. The van der Waals surface area contributed by atoms with E-state index in [0.717, 1.165) is 9.86 Å². The standard InChI is InChI=1S/C11H13BrN4OS/c1-6(5-17)14-10-8(12)3-7-4-13-11(18-2)16-9(7)15-10/h3-4,6,17H,5H2,1-2H3,(H,13,14,15,16). The maximum atomic E-state index is 9.05. The number of anilines is 1. The van der Waals surface area contributed by atoms with Crippen LogP contribution in [0.4, 0.5) is 5.82 Å². The minimum absolute atomic E-state index is 0.0476. The van der Waals surface area contributed by atoms with Gasteiger partial charge in [-0.15, -0.1) is 0 Å². The number of halogens is 1. The highest BCUT2D eigenvalue weighted by atomic mass is 79.9. The van der Waals surface area contributed by atoms with Crippen LogP contribution in [0.3, 0.4) is 0 Å². The summed E-state index contributed by atoms with van der Waals surface area (Å²) in [5, 5.41) is 13.7. The lowest BCUT2D eigenvalue weighted by molar-refractivity contribution is 0.281. The summed E-state index contributed by atoms with van der Waals surface area (Å²) in [5.41, 5.74) is 0.644. The minimum Gasteiger partial charge on any atom is -0.394 e. The molecule has 2 aromatic rings. The van der Waals surface area contributed by atoms with E-state index in [1.165, 1.54) is 11.8 Å². The molecule has 2 aromatic heterocycles. The number of aromatic nitrogens is 3. The number of hydrogen-bond donors (Lipinski definition) is 2. The lowest BCUT2D eigenvalue weighted by atomic mass is 10.3. The molecule has 1 atom stereocenters. The summed E-state index contributed by atoms with van der Waals surface area (Å²) in [7, 11) is 0. The highest BCUT2D eigenvalue weighted by Crippen LogP contribution is 2.25. The van der Waals surface area contributed by atoms with Crippen LogP contribution in [-0.4, -0.2) is 39.0 Å². The highest BCUT2D eigenvalue weighted by molar-refractivity contribution is 9.10. The van der Waals surface area contributed by atoms with Gasteiger partial charge in [0.2, 0.25) is 0 Å². The van der Waals surface area contributed by atoms with Crippen molar-refractivity contribution in [2.45, 2.75) is 18.1 Å². The van der Waals surface area contributed by atoms with Crippen molar-refractivity contribution in [1.82, 2.24) is 15.0 Å². The Kier molecular flexibility index (Phi) is 4.36. The van der Waals surface area contributed by atoms with Crippen LogP contribution in [-0.2, 0) is 0 Å². The summed E-state index contributed by atoms with van der Waals surface area (Å²) in [6.07, 6.45) is 3.68. The molecule has 0 aliphatic heterocycles. The van der Waals surface area contributed by atoms with Crippen LogP contribution in [0.25, 0.3) is 11.0 Å². The van der Waals surface area contributed by atoms with Crippen molar-refractivity contribution in [2.75, 3.05) is 18.2 Å². The highest BCUT2D eigenvalue weighted by Gasteiger charge is 2.09. The normalized spacial score (nSPS) is 12.7. The summed E-state index contributed by atoms with van der Waals surface area (Å²) >= 11 is 4.92. The fraction of sp³-hybridized carbons (Fsp3) is 0.364. The molecule has 0 bridgehead atoms. The second-order valence-electron chi connectivity index (χ2n) is 3.82. The Morgan fingerprint density at radius 3 is 2.94 bits per heavy atom. The number of aliphatic hydroxyl groups excluding tert-OH is 1. The molecule has 96 valence electrons. The zero-order chi connectivity index (χ0) is 13.1. The van der Waals surface area contributed by atoms with Gasteiger partial charge in [0.15, 0.2) is 10.8 Å². The maximum Gasteiger partial charge on any atom is 0.189 e. The molecule has 2 rings (SSSR count). The van der Waals surface area contributed by atoms with Crippen molar-refractivity contribution in [3.05, 3.63) is 16.7 Å². The Balaban J connectivity index is 2.44. The molecular weight excluding hydrogens is 316 g/mol. The summed E-state index contributed by atoms with van der Waals surface area (Å²) in [6.45, 7) is 1.93. The number of aliphatic hydroxyl groups is 1. The zero-order valence-electron chi connectivity index (χ0n) is 10.0. The zero-order valence-corrected chi connectivity index (χ0v) is 12.4. The number of nitrogens with one attached hydrogen (secondary N) is 1. The van der Waals surface area contributed by atoms with Crippen LogP contribution in [0, 0.1) is 0 Å². The van der Waals surface area contributed by atoms with Crippen molar-refractivity contribution in [3.63, 3.8) is 0 Å². The van der Waals surface area contributed by atoms with Crippen molar-refractivity contribution < 1.29 is 5.11 Å². The van der Waals surface area contributed by atoms with Crippen LogP contribution in [0.5, 0.6) is 0 Å². The average molecular weight is 329 g/mol. The van der Waals surface area contributed by atoms with E-state index in [1.54, 1.807) is 6.20 Å². The Bertz CT molecular complexity index is 566. The second-order valence-corrected chi connectivity index (χ2v) is 5.44. The number of nitrogens with zero attached hydrogens (tertiary/aromatic N) is 3. The van der Waals surface area contributed by atoms with Crippen molar-refractivity contribution in [3.8, 4) is 0 Å². The van der Waals surface area contributed by atoms with Gasteiger partial charge in [-0.2, -0.15) is 0 Å². The van der Waals surface area contributed by atoms with Crippen molar-refractivity contribution in [1.29, 1.82) is 0 Å². The topological polar surface area (TPSA) is 70.9 Å². The Morgan fingerprint density at radius 2 is 2.28 bits per heavy atom. The fourth-order valence-corrected chi connectivity index (χ4v) is 2.19. The number of rotatable bonds is 4. The van der Waals surface area contributed by atoms with Gasteiger partial charge in [0, 0.05) is 17.6 Å². The van der Waals surface area contributed by atoms with Gasteiger partial charge in [-0.1, -0.05) is 11.8 Å². The van der Waals surface area contributed by atoms with Crippen molar-refractivity contribution >= 4 is 44.5 Å². The molecule has 2 heterocycles. The van der Waals surface area contributed by atoms with E-state index in [2.05, 4.69) is 36.2 Å². The molecule has 0 saturated heterocycles. The molecule has 0 amide bonds. The van der Waals surface area contributed by atoms with Gasteiger partial charge in [-0.25, -0.2) is 15.0 Å². The summed E-state index contributed by atoms with van der Waals surface area (Å²) in [6, 6.07) is 1.85. The largest absolute Gasteiger partial charge is 0.394 e. The molecular formula is C11H13BrN4OS. The third-order valence-corrected chi connectivity index (χ3v) is 3.51. The third kappa shape index (κ3) is 2.90. The smallest absolute Gasteiger partial charge is 0.189 e. The van der Waals surface area contributed by atoms with E-state index in [9.17, 15) is 0 Å². The average Bonchev–Trinajstić information content (AvgIpc) is 2.39. The molecule has 0 radical (unpaired) electrons. The number of pyridine rings is 1. The number of hydrogen-bond acceptors (Lipinski definition) is 6. The van der Waals surface area contributed by atoms with E-state index in [1.807, 2.05) is 19.2 Å². The van der Waals surface area contributed by atoms with Crippen LogP contribution in [0.15, 0.2) is 21.9 Å². The third-order valence-electron chi connectivity index (χ3n) is 2.34. The molecule has 18 heavy (non-hydrogen) atoms. The van der Waals surface area contributed by atoms with Crippen LogP contribution >= 0.6 is 27.7 Å². The lowest BCUT2D eigenvalue weighted by Gasteiger charge is -2.13.